The van der Waals surface area contributed by atoms with Crippen LogP contribution in [0.2, 0.25) is 0 Å². The van der Waals surface area contributed by atoms with E-state index in [2.05, 4.69) is 20.6 Å². The molecule has 0 spiro atoms. The van der Waals surface area contributed by atoms with Gasteiger partial charge in [-0.25, -0.2) is 0 Å². The number of aromatic nitrogens is 4. The Labute approximate surface area is 196 Å². The number of nitrogens with one attached hydrogen (secondary N) is 1. The molecule has 34 heavy (non-hydrogen) atoms. The van der Waals surface area contributed by atoms with E-state index in [1.165, 1.54) is 11.6 Å². The van der Waals surface area contributed by atoms with Gasteiger partial charge in [0.25, 0.3) is 0 Å². The van der Waals surface area contributed by atoms with Crippen LogP contribution in [-0.4, -0.2) is 45.7 Å². The van der Waals surface area contributed by atoms with Gasteiger partial charge < -0.3 is 14.8 Å². The van der Waals surface area contributed by atoms with Crippen LogP contribution in [0, 0.1) is 0 Å². The molecule has 0 atom stereocenters. The lowest BCUT2D eigenvalue weighted by Crippen LogP contribution is -2.16. The first-order valence-electron chi connectivity index (χ1n) is 9.83. The van der Waals surface area contributed by atoms with E-state index in [0.29, 0.717) is 22.2 Å². The topological polar surface area (TPSA) is 90.6 Å². The van der Waals surface area contributed by atoms with Crippen LogP contribution >= 0.6 is 11.8 Å². The smallest absolute Gasteiger partial charge is 0.416 e. The molecule has 2 aromatic heterocycles. The molecule has 2 aromatic carbocycles. The summed E-state index contributed by atoms with van der Waals surface area (Å²) in [6.07, 6.45) is -4.55. The zero-order chi connectivity index (χ0) is 24.3. The summed E-state index contributed by atoms with van der Waals surface area (Å²) in [5.74, 6) is 0.166. The maximum Gasteiger partial charge on any atom is 0.416 e. The summed E-state index contributed by atoms with van der Waals surface area (Å²) in [4.78, 5) is 12.5. The standard InChI is InChI=1S/C22H18F3N5O3S/c1-32-15-6-3-13(4-7-15)16-8-10-19-27-28-21(30(19)29-16)34-12-20(31)26-17-11-14(22(23,24)25)5-9-18(17)33-2/h3-11H,12H2,1-2H3,(H,26,31). The van der Waals surface area contributed by atoms with E-state index in [1.54, 1.807) is 19.2 Å². The fourth-order valence-corrected chi connectivity index (χ4v) is 3.76. The molecule has 0 fully saturated rings. The summed E-state index contributed by atoms with van der Waals surface area (Å²) in [5.41, 5.74) is 1.03. The van der Waals surface area contributed by atoms with Gasteiger partial charge in [-0.1, -0.05) is 11.8 Å². The summed E-state index contributed by atoms with van der Waals surface area (Å²) in [7, 11) is 2.89. The summed E-state index contributed by atoms with van der Waals surface area (Å²) in [6.45, 7) is 0. The molecule has 8 nitrogen and oxygen atoms in total. The van der Waals surface area contributed by atoms with Crippen LogP contribution in [0.3, 0.4) is 0 Å². The minimum absolute atomic E-state index is 0.0751. The second kappa shape index (κ2) is 9.59. The molecule has 176 valence electrons. The molecule has 0 aliphatic heterocycles. The molecular formula is C22H18F3N5O3S. The van der Waals surface area contributed by atoms with Crippen molar-refractivity contribution in [3.05, 3.63) is 60.2 Å². The Morgan fingerprint density at radius 2 is 1.79 bits per heavy atom. The third-order valence-corrected chi connectivity index (χ3v) is 5.67. The Kier molecular flexibility index (Phi) is 6.59. The maximum absolute atomic E-state index is 13.0. The lowest BCUT2D eigenvalue weighted by Gasteiger charge is -2.13. The lowest BCUT2D eigenvalue weighted by atomic mass is 10.1. The fourth-order valence-electron chi connectivity index (χ4n) is 3.07. The largest absolute Gasteiger partial charge is 0.497 e. The number of amides is 1. The molecule has 4 aromatic rings. The van der Waals surface area contributed by atoms with Crippen LogP contribution in [0.5, 0.6) is 11.5 Å². The van der Waals surface area contributed by atoms with Crippen molar-refractivity contribution in [1.29, 1.82) is 0 Å². The summed E-state index contributed by atoms with van der Waals surface area (Å²) >= 11 is 1.05. The number of halogens is 3. The van der Waals surface area contributed by atoms with Crippen LogP contribution in [0.1, 0.15) is 5.56 Å². The van der Waals surface area contributed by atoms with E-state index in [0.717, 1.165) is 35.5 Å². The highest BCUT2D eigenvalue weighted by Crippen LogP contribution is 2.35. The predicted octanol–water partition coefficient (Wildman–Crippen LogP) is 4.56. The van der Waals surface area contributed by atoms with Gasteiger partial charge in [0.15, 0.2) is 5.65 Å². The molecule has 0 bridgehead atoms. The second-order valence-electron chi connectivity index (χ2n) is 6.95. The SMILES string of the molecule is COc1ccc(-c2ccc3nnc(SCC(=O)Nc4cc(C(F)(F)F)ccc4OC)n3n2)cc1. The van der Waals surface area contributed by atoms with E-state index in [1.807, 2.05) is 24.3 Å². The molecule has 1 N–H and O–H groups in total. The van der Waals surface area contributed by atoms with Crippen molar-refractivity contribution in [2.45, 2.75) is 11.3 Å². The molecule has 0 unspecified atom stereocenters. The Morgan fingerprint density at radius 3 is 2.47 bits per heavy atom. The number of rotatable bonds is 7. The molecule has 12 heteroatoms. The number of carbonyl (C=O) groups is 1. The highest BCUT2D eigenvalue weighted by Gasteiger charge is 2.31. The van der Waals surface area contributed by atoms with Crippen LogP contribution in [-0.2, 0) is 11.0 Å². The van der Waals surface area contributed by atoms with Gasteiger partial charge in [0.05, 0.1) is 36.9 Å². The third-order valence-electron chi connectivity index (χ3n) is 4.75. The monoisotopic (exact) mass is 489 g/mol. The summed E-state index contributed by atoms with van der Waals surface area (Å²) in [6, 6.07) is 13.8. The number of nitrogens with zero attached hydrogens (tertiary/aromatic N) is 4. The molecule has 0 saturated heterocycles. The molecule has 1 amide bonds. The Bertz CT molecular complexity index is 1330. The first-order valence-corrected chi connectivity index (χ1v) is 10.8. The van der Waals surface area contributed by atoms with Gasteiger partial charge in [-0.05, 0) is 54.6 Å². The van der Waals surface area contributed by atoms with Crippen molar-refractivity contribution in [2.75, 3.05) is 25.3 Å². The molecule has 0 saturated carbocycles. The first-order chi connectivity index (χ1) is 16.3. The molecule has 2 heterocycles. The highest BCUT2D eigenvalue weighted by molar-refractivity contribution is 7.99. The predicted molar refractivity (Wildman–Crippen MR) is 120 cm³/mol. The van der Waals surface area contributed by atoms with Gasteiger partial charge in [0.2, 0.25) is 11.1 Å². The van der Waals surface area contributed by atoms with Crippen molar-refractivity contribution < 1.29 is 27.4 Å². The molecule has 0 aliphatic rings. The minimum Gasteiger partial charge on any atom is -0.497 e. The maximum atomic E-state index is 13.0. The summed E-state index contributed by atoms with van der Waals surface area (Å²) < 4.78 is 50.8. The normalized spacial score (nSPS) is 11.4. The quantitative estimate of drug-likeness (QED) is 0.381. The molecule has 4 rings (SSSR count). The summed E-state index contributed by atoms with van der Waals surface area (Å²) in [5, 5.41) is 15.5. The Hall–Kier alpha value is -3.80. The molecular weight excluding hydrogens is 471 g/mol. The van der Waals surface area contributed by atoms with Crippen molar-refractivity contribution in [3.63, 3.8) is 0 Å². The number of thioether (sulfide) groups is 1. The molecule has 0 radical (unpaired) electrons. The van der Waals surface area contributed by atoms with Crippen LogP contribution in [0.4, 0.5) is 18.9 Å². The number of ether oxygens (including phenoxy) is 2. The van der Waals surface area contributed by atoms with E-state index < -0.39 is 17.6 Å². The zero-order valence-electron chi connectivity index (χ0n) is 18.0. The number of hydrogen-bond acceptors (Lipinski definition) is 7. The van der Waals surface area contributed by atoms with Gasteiger partial charge in [-0.15, -0.1) is 10.2 Å². The van der Waals surface area contributed by atoms with Gasteiger partial charge >= 0.3 is 6.18 Å². The van der Waals surface area contributed by atoms with Gasteiger partial charge in [-0.3, -0.25) is 4.79 Å². The molecule has 0 aliphatic carbocycles. The van der Waals surface area contributed by atoms with E-state index in [4.69, 9.17) is 9.47 Å². The van der Waals surface area contributed by atoms with Gasteiger partial charge in [0.1, 0.15) is 11.5 Å². The van der Waals surface area contributed by atoms with E-state index in [9.17, 15) is 18.0 Å². The van der Waals surface area contributed by atoms with Crippen molar-refractivity contribution in [3.8, 4) is 22.8 Å². The first kappa shape index (κ1) is 23.4. The minimum atomic E-state index is -4.55. The number of carbonyl (C=O) groups excluding carboxylic acids is 1. The average molecular weight is 489 g/mol. The van der Waals surface area contributed by atoms with E-state index in [-0.39, 0.29) is 17.2 Å². The van der Waals surface area contributed by atoms with Crippen LogP contribution in [0.15, 0.2) is 59.8 Å². The van der Waals surface area contributed by atoms with Crippen molar-refractivity contribution >= 4 is 29.0 Å². The lowest BCUT2D eigenvalue weighted by molar-refractivity contribution is -0.137. The van der Waals surface area contributed by atoms with Crippen LogP contribution < -0.4 is 14.8 Å². The number of benzene rings is 2. The van der Waals surface area contributed by atoms with Crippen LogP contribution in [0.25, 0.3) is 16.9 Å². The van der Waals surface area contributed by atoms with Crippen molar-refractivity contribution in [2.24, 2.45) is 0 Å². The van der Waals surface area contributed by atoms with E-state index >= 15 is 0 Å². The fraction of sp³-hybridized carbons (Fsp3) is 0.182. The average Bonchev–Trinajstić information content (AvgIpc) is 3.24. The Balaban J connectivity index is 1.50. The number of hydrogen-bond donors (Lipinski definition) is 1. The number of methoxy groups -OCH3 is 2. The highest BCUT2D eigenvalue weighted by atomic mass is 32.2. The van der Waals surface area contributed by atoms with Gasteiger partial charge in [-0.2, -0.15) is 22.8 Å². The third kappa shape index (κ3) is 5.06. The van der Waals surface area contributed by atoms with Crippen molar-refractivity contribution in [1.82, 2.24) is 19.8 Å². The van der Waals surface area contributed by atoms with Gasteiger partial charge in [0, 0.05) is 5.56 Å². The zero-order valence-corrected chi connectivity index (χ0v) is 18.8. The number of fused-ring (bicyclic) bond motifs is 1. The number of anilines is 1. The number of alkyl halides is 3. The second-order valence-corrected chi connectivity index (χ2v) is 7.89. The Morgan fingerprint density at radius 1 is 1.03 bits per heavy atom.